The zero-order chi connectivity index (χ0) is 18.5. The van der Waals surface area contributed by atoms with Crippen LogP contribution in [0.25, 0.3) is 32.1 Å². The molecule has 0 fully saturated rings. The Morgan fingerprint density at radius 3 is 2.48 bits per heavy atom. The highest BCUT2D eigenvalue weighted by Crippen LogP contribution is 2.41. The number of halogens is 1. The summed E-state index contributed by atoms with van der Waals surface area (Å²) in [7, 11) is 0. The van der Waals surface area contributed by atoms with Gasteiger partial charge in [0.05, 0.1) is 11.1 Å². The van der Waals surface area contributed by atoms with Crippen molar-refractivity contribution in [2.45, 2.75) is 0 Å². The van der Waals surface area contributed by atoms with Gasteiger partial charge in [0.15, 0.2) is 6.21 Å². The van der Waals surface area contributed by atoms with Crippen molar-refractivity contribution in [3.8, 4) is 0 Å². The molecule has 3 heterocycles. The summed E-state index contributed by atoms with van der Waals surface area (Å²) >= 11 is 1.81. The van der Waals surface area contributed by atoms with Crippen LogP contribution in [-0.2, 0) is 0 Å². The van der Waals surface area contributed by atoms with Crippen LogP contribution in [0.15, 0.2) is 84.4 Å². The summed E-state index contributed by atoms with van der Waals surface area (Å²) < 4.78 is 1.31. The summed E-state index contributed by atoms with van der Waals surface area (Å²) in [6.45, 7) is 0. The molecular formula is C25H17ClN2S. The molecule has 0 unspecified atom stereocenters. The molecule has 0 atom stereocenters. The zero-order valence-electron chi connectivity index (χ0n) is 15.4. The number of para-hydroxylation sites is 2. The molecule has 0 spiro atoms. The molecule has 0 radical (unpaired) electrons. The van der Waals surface area contributed by atoms with Crippen LogP contribution in [0, 0.1) is 0 Å². The lowest BCUT2D eigenvalue weighted by Gasteiger charge is -2.09. The Morgan fingerprint density at radius 2 is 1.55 bits per heavy atom. The standard InChI is InChI=1S/C25H16N2S.ClH/c1-4-10-22-16(7-1)19(13-26-22)25(20-14-27-23-11-5-2-8-17(20)23)21-15-28-24-12-6-3-9-18(21)24;/h1-15,26H;1H/b25-20-;. The van der Waals surface area contributed by atoms with Crippen molar-refractivity contribution in [2.75, 3.05) is 0 Å². The smallest absolute Gasteiger partial charge is 0.211 e. The molecule has 140 valence electrons. The lowest BCUT2D eigenvalue weighted by atomic mass is 9.90. The van der Waals surface area contributed by atoms with Crippen LogP contribution < -0.4 is 17.4 Å². The average molecular weight is 413 g/mol. The van der Waals surface area contributed by atoms with Gasteiger partial charge in [0.1, 0.15) is 0 Å². The van der Waals surface area contributed by atoms with Gasteiger partial charge in [0.25, 0.3) is 0 Å². The Labute approximate surface area is 178 Å². The molecule has 0 aliphatic carbocycles. The predicted molar refractivity (Wildman–Crippen MR) is 119 cm³/mol. The molecule has 3 aromatic carbocycles. The summed E-state index contributed by atoms with van der Waals surface area (Å²) in [6.07, 6.45) is 4.29. The van der Waals surface area contributed by atoms with E-state index in [1.54, 1.807) is 11.3 Å². The van der Waals surface area contributed by atoms with Crippen molar-refractivity contribution in [1.29, 1.82) is 0 Å². The van der Waals surface area contributed by atoms with Gasteiger partial charge in [-0.1, -0.05) is 48.5 Å². The lowest BCUT2D eigenvalue weighted by molar-refractivity contribution is -0.342. The SMILES string of the molecule is C1=[NH+]c2ccccc2/C1=C(/c1c[nH]c2ccccc12)c1csc2ccccc12.[Cl-]. The highest BCUT2D eigenvalue weighted by molar-refractivity contribution is 7.17. The monoisotopic (exact) mass is 412 g/mol. The number of thiophene rings is 1. The van der Waals surface area contributed by atoms with Crippen LogP contribution in [0.1, 0.15) is 16.7 Å². The number of aromatic amines is 1. The van der Waals surface area contributed by atoms with Crippen LogP contribution >= 0.6 is 11.3 Å². The van der Waals surface area contributed by atoms with Crippen molar-refractivity contribution in [3.05, 3.63) is 101 Å². The van der Waals surface area contributed by atoms with E-state index in [0.717, 1.165) is 11.2 Å². The van der Waals surface area contributed by atoms with E-state index in [-0.39, 0.29) is 12.4 Å². The molecule has 0 bridgehead atoms. The molecule has 2 aromatic heterocycles. The van der Waals surface area contributed by atoms with E-state index < -0.39 is 0 Å². The number of hydrogen-bond acceptors (Lipinski definition) is 1. The first kappa shape index (κ1) is 17.9. The normalized spacial score (nSPS) is 14.2. The first-order valence-corrected chi connectivity index (χ1v) is 10.2. The van der Waals surface area contributed by atoms with Crippen LogP contribution in [0.3, 0.4) is 0 Å². The minimum atomic E-state index is 0. The highest BCUT2D eigenvalue weighted by atomic mass is 35.5. The number of nitrogens with one attached hydrogen (secondary N) is 2. The van der Waals surface area contributed by atoms with Crippen molar-refractivity contribution in [1.82, 2.24) is 4.98 Å². The molecular weight excluding hydrogens is 396 g/mol. The molecule has 5 aromatic rings. The van der Waals surface area contributed by atoms with E-state index in [2.05, 4.69) is 101 Å². The molecule has 6 rings (SSSR count). The first-order chi connectivity index (χ1) is 13.9. The second kappa shape index (κ2) is 7.03. The van der Waals surface area contributed by atoms with Crippen LogP contribution in [0.2, 0.25) is 0 Å². The summed E-state index contributed by atoms with van der Waals surface area (Å²) in [5.41, 5.74) is 8.61. The van der Waals surface area contributed by atoms with E-state index >= 15 is 0 Å². The van der Waals surface area contributed by atoms with Crippen molar-refractivity contribution in [2.24, 2.45) is 0 Å². The molecule has 4 heteroatoms. The van der Waals surface area contributed by atoms with E-state index in [4.69, 9.17) is 0 Å². The predicted octanol–water partition coefficient (Wildman–Crippen LogP) is 2.14. The zero-order valence-corrected chi connectivity index (χ0v) is 17.0. The van der Waals surface area contributed by atoms with Crippen LogP contribution in [0.5, 0.6) is 0 Å². The number of allylic oxidation sites excluding steroid dienone is 1. The maximum Gasteiger partial charge on any atom is 0.211 e. The fourth-order valence-corrected chi connectivity index (χ4v) is 5.12. The number of aromatic nitrogens is 1. The number of fused-ring (bicyclic) bond motifs is 3. The van der Waals surface area contributed by atoms with Gasteiger partial charge in [0.2, 0.25) is 5.69 Å². The van der Waals surface area contributed by atoms with Gasteiger partial charge in [-0.05, 0) is 23.6 Å². The van der Waals surface area contributed by atoms with Crippen molar-refractivity contribution < 1.29 is 17.4 Å². The van der Waals surface area contributed by atoms with Crippen LogP contribution in [-0.4, -0.2) is 11.2 Å². The minimum absolute atomic E-state index is 0. The Hall–Kier alpha value is -3.14. The van der Waals surface area contributed by atoms with E-state index in [1.807, 2.05) is 0 Å². The summed E-state index contributed by atoms with van der Waals surface area (Å²) in [6, 6.07) is 25.7. The van der Waals surface area contributed by atoms with Gasteiger partial charge >= 0.3 is 0 Å². The number of hydrogen-bond donors (Lipinski definition) is 2. The van der Waals surface area contributed by atoms with Crippen LogP contribution in [0.4, 0.5) is 5.69 Å². The highest BCUT2D eigenvalue weighted by Gasteiger charge is 2.26. The fraction of sp³-hybridized carbons (Fsp3) is 0. The Balaban J connectivity index is 0.00000181. The van der Waals surface area contributed by atoms with Gasteiger partial charge in [0, 0.05) is 50.0 Å². The van der Waals surface area contributed by atoms with E-state index in [0.29, 0.717) is 0 Å². The number of rotatable bonds is 2. The first-order valence-electron chi connectivity index (χ1n) is 9.37. The van der Waals surface area contributed by atoms with Crippen molar-refractivity contribution in [3.63, 3.8) is 0 Å². The average Bonchev–Trinajstić information content (AvgIpc) is 3.47. The molecule has 2 nitrogen and oxygen atoms in total. The maximum atomic E-state index is 3.46. The molecule has 0 amide bonds. The molecule has 1 aliphatic rings. The second-order valence-corrected chi connectivity index (χ2v) is 7.93. The van der Waals surface area contributed by atoms with Gasteiger partial charge in [-0.25, -0.2) is 4.99 Å². The Kier molecular flexibility index (Phi) is 4.35. The summed E-state index contributed by atoms with van der Waals surface area (Å²) in [5, 5.41) is 4.85. The molecule has 0 saturated carbocycles. The van der Waals surface area contributed by atoms with E-state index in [9.17, 15) is 0 Å². The van der Waals surface area contributed by atoms with E-state index in [1.165, 1.54) is 43.3 Å². The number of H-pyrrole nitrogens is 1. The molecule has 1 aliphatic heterocycles. The van der Waals surface area contributed by atoms with Gasteiger partial charge < -0.3 is 17.4 Å². The summed E-state index contributed by atoms with van der Waals surface area (Å²) in [5.74, 6) is 0. The largest absolute Gasteiger partial charge is 1.00 e. The quantitative estimate of drug-likeness (QED) is 0.445. The fourth-order valence-electron chi connectivity index (χ4n) is 4.16. The minimum Gasteiger partial charge on any atom is -1.00 e. The van der Waals surface area contributed by atoms with Gasteiger partial charge in [-0.3, -0.25) is 0 Å². The molecule has 2 N–H and O–H groups in total. The molecule has 29 heavy (non-hydrogen) atoms. The molecule has 0 saturated heterocycles. The van der Waals surface area contributed by atoms with Gasteiger partial charge in [-0.15, -0.1) is 11.3 Å². The number of benzene rings is 3. The van der Waals surface area contributed by atoms with Gasteiger partial charge in [-0.2, -0.15) is 0 Å². The maximum absolute atomic E-state index is 3.46. The topological polar surface area (TPSA) is 29.8 Å². The third kappa shape index (κ3) is 2.74. The van der Waals surface area contributed by atoms with Crippen molar-refractivity contribution >= 4 is 55.4 Å². The third-order valence-corrected chi connectivity index (χ3v) is 6.43. The Bertz CT molecular complexity index is 1350. The third-order valence-electron chi connectivity index (χ3n) is 5.47. The lowest BCUT2D eigenvalue weighted by Crippen LogP contribution is -3.00. The summed E-state index contributed by atoms with van der Waals surface area (Å²) in [4.78, 5) is 6.92. The Morgan fingerprint density at radius 1 is 0.793 bits per heavy atom. The second-order valence-electron chi connectivity index (χ2n) is 7.02.